The number of rotatable bonds is 6. The standard InChI is InChI=1S/C19H21N5O4/c1-2-28-19(27)14-5-3-4-6-15(14)20-18(26)16-7-8-17(22-21-16)24-11-9-23(13-25)10-12-24/h3-8,13H,2,9-12H2,1H3,(H,20,26). The monoisotopic (exact) mass is 383 g/mol. The summed E-state index contributed by atoms with van der Waals surface area (Å²) in [5, 5.41) is 10.8. The molecule has 0 atom stereocenters. The van der Waals surface area contributed by atoms with Gasteiger partial charge >= 0.3 is 5.97 Å². The van der Waals surface area contributed by atoms with Crippen molar-refractivity contribution in [1.29, 1.82) is 0 Å². The van der Waals surface area contributed by atoms with Crippen molar-refractivity contribution < 1.29 is 19.1 Å². The Bertz CT molecular complexity index is 848. The Balaban J connectivity index is 1.67. The van der Waals surface area contributed by atoms with Crippen molar-refractivity contribution in [2.75, 3.05) is 43.0 Å². The minimum absolute atomic E-state index is 0.133. The van der Waals surface area contributed by atoms with Crippen molar-refractivity contribution in [3.63, 3.8) is 0 Å². The molecule has 0 bridgehead atoms. The van der Waals surface area contributed by atoms with Crippen LogP contribution >= 0.6 is 0 Å². The molecule has 146 valence electrons. The summed E-state index contributed by atoms with van der Waals surface area (Å²) in [5.74, 6) is -0.329. The lowest BCUT2D eigenvalue weighted by Gasteiger charge is -2.32. The van der Waals surface area contributed by atoms with Crippen LogP contribution in [0.2, 0.25) is 0 Å². The van der Waals surface area contributed by atoms with Gasteiger partial charge in [0.05, 0.1) is 17.9 Å². The average Bonchev–Trinajstić information content (AvgIpc) is 2.74. The number of nitrogens with zero attached hydrogens (tertiary/aromatic N) is 4. The molecule has 1 aliphatic rings. The van der Waals surface area contributed by atoms with E-state index in [0.717, 1.165) is 6.41 Å². The van der Waals surface area contributed by atoms with Crippen LogP contribution in [0.1, 0.15) is 27.8 Å². The normalized spacial score (nSPS) is 13.8. The molecule has 2 aromatic rings. The highest BCUT2D eigenvalue weighted by atomic mass is 16.5. The van der Waals surface area contributed by atoms with Gasteiger partial charge in [0, 0.05) is 26.2 Å². The van der Waals surface area contributed by atoms with Crippen molar-refractivity contribution in [3.8, 4) is 0 Å². The molecule has 1 N–H and O–H groups in total. The molecule has 0 aliphatic carbocycles. The van der Waals surface area contributed by atoms with E-state index in [2.05, 4.69) is 15.5 Å². The number of amides is 2. The van der Waals surface area contributed by atoms with Crippen molar-refractivity contribution in [2.45, 2.75) is 6.92 Å². The van der Waals surface area contributed by atoms with E-state index in [1.165, 1.54) is 0 Å². The molecule has 0 radical (unpaired) electrons. The van der Waals surface area contributed by atoms with Crippen LogP contribution in [0.3, 0.4) is 0 Å². The number of nitrogens with one attached hydrogen (secondary N) is 1. The van der Waals surface area contributed by atoms with E-state index in [-0.39, 0.29) is 17.9 Å². The van der Waals surface area contributed by atoms with E-state index in [1.807, 2.05) is 4.90 Å². The molecule has 2 amide bonds. The van der Waals surface area contributed by atoms with Gasteiger partial charge in [-0.1, -0.05) is 12.1 Å². The predicted molar refractivity (Wildman–Crippen MR) is 102 cm³/mol. The van der Waals surface area contributed by atoms with Crippen LogP contribution in [0.15, 0.2) is 36.4 Å². The molecule has 0 saturated carbocycles. The van der Waals surface area contributed by atoms with Crippen LogP contribution in [-0.2, 0) is 9.53 Å². The Morgan fingerprint density at radius 3 is 2.50 bits per heavy atom. The third-order valence-corrected chi connectivity index (χ3v) is 4.34. The van der Waals surface area contributed by atoms with E-state index in [1.54, 1.807) is 48.2 Å². The number of benzene rings is 1. The van der Waals surface area contributed by atoms with Crippen LogP contribution in [0, 0.1) is 0 Å². The number of piperazine rings is 1. The molecule has 1 fully saturated rings. The van der Waals surface area contributed by atoms with Crippen LogP contribution in [0.4, 0.5) is 11.5 Å². The predicted octanol–water partition coefficient (Wildman–Crippen LogP) is 1.18. The van der Waals surface area contributed by atoms with Gasteiger partial charge in [0.15, 0.2) is 11.5 Å². The topological polar surface area (TPSA) is 105 Å². The van der Waals surface area contributed by atoms with Gasteiger partial charge in [0.25, 0.3) is 5.91 Å². The fourth-order valence-electron chi connectivity index (χ4n) is 2.84. The lowest BCUT2D eigenvalue weighted by molar-refractivity contribution is -0.118. The highest BCUT2D eigenvalue weighted by molar-refractivity contribution is 6.07. The lowest BCUT2D eigenvalue weighted by Crippen LogP contribution is -2.46. The van der Waals surface area contributed by atoms with E-state index in [9.17, 15) is 14.4 Å². The number of carbonyl (C=O) groups is 3. The van der Waals surface area contributed by atoms with Crippen molar-refractivity contribution >= 4 is 29.8 Å². The van der Waals surface area contributed by atoms with Gasteiger partial charge in [-0.2, -0.15) is 0 Å². The number of anilines is 2. The van der Waals surface area contributed by atoms with E-state index in [4.69, 9.17) is 4.74 Å². The summed E-state index contributed by atoms with van der Waals surface area (Å²) in [6, 6.07) is 9.92. The van der Waals surface area contributed by atoms with Gasteiger partial charge in [0.2, 0.25) is 6.41 Å². The zero-order valence-corrected chi connectivity index (χ0v) is 15.5. The SMILES string of the molecule is CCOC(=O)c1ccccc1NC(=O)c1ccc(N2CCN(C=O)CC2)nn1. The number of hydrogen-bond donors (Lipinski definition) is 1. The van der Waals surface area contributed by atoms with Crippen molar-refractivity contribution in [3.05, 3.63) is 47.7 Å². The van der Waals surface area contributed by atoms with Gasteiger partial charge < -0.3 is 19.9 Å². The van der Waals surface area contributed by atoms with Crippen molar-refractivity contribution in [1.82, 2.24) is 15.1 Å². The summed E-state index contributed by atoms with van der Waals surface area (Å²) in [4.78, 5) is 39.0. The lowest BCUT2D eigenvalue weighted by atomic mass is 10.1. The summed E-state index contributed by atoms with van der Waals surface area (Å²) in [6.07, 6.45) is 0.838. The second kappa shape index (κ2) is 8.94. The Morgan fingerprint density at radius 1 is 1.11 bits per heavy atom. The fraction of sp³-hybridized carbons (Fsp3) is 0.316. The first-order valence-electron chi connectivity index (χ1n) is 8.98. The summed E-state index contributed by atoms with van der Waals surface area (Å²) in [6.45, 7) is 4.53. The molecule has 9 nitrogen and oxygen atoms in total. The molecule has 0 spiro atoms. The molecule has 1 aliphatic heterocycles. The summed E-state index contributed by atoms with van der Waals surface area (Å²) < 4.78 is 5.01. The molecule has 2 heterocycles. The third-order valence-electron chi connectivity index (χ3n) is 4.34. The molecule has 1 aromatic heterocycles. The number of hydrogen-bond acceptors (Lipinski definition) is 7. The van der Waals surface area contributed by atoms with Crippen molar-refractivity contribution in [2.24, 2.45) is 0 Å². The van der Waals surface area contributed by atoms with Gasteiger partial charge in [-0.25, -0.2) is 4.79 Å². The first kappa shape index (κ1) is 19.3. The average molecular weight is 383 g/mol. The molecular weight excluding hydrogens is 362 g/mol. The van der Waals surface area contributed by atoms with E-state index >= 15 is 0 Å². The molecule has 0 unspecified atom stereocenters. The van der Waals surface area contributed by atoms with Crippen LogP contribution < -0.4 is 10.2 Å². The minimum Gasteiger partial charge on any atom is -0.462 e. The number of esters is 1. The third kappa shape index (κ3) is 4.43. The highest BCUT2D eigenvalue weighted by Gasteiger charge is 2.19. The minimum atomic E-state index is -0.505. The highest BCUT2D eigenvalue weighted by Crippen LogP contribution is 2.18. The Labute approximate surface area is 162 Å². The largest absolute Gasteiger partial charge is 0.462 e. The van der Waals surface area contributed by atoms with E-state index < -0.39 is 11.9 Å². The second-order valence-corrected chi connectivity index (χ2v) is 6.13. The van der Waals surface area contributed by atoms with Gasteiger partial charge in [0.1, 0.15) is 0 Å². The first-order chi connectivity index (χ1) is 13.6. The molecular formula is C19H21N5O4. The Morgan fingerprint density at radius 2 is 1.86 bits per heavy atom. The maximum Gasteiger partial charge on any atom is 0.340 e. The van der Waals surface area contributed by atoms with Crippen LogP contribution in [0.5, 0.6) is 0 Å². The quantitative estimate of drug-likeness (QED) is 0.590. The first-order valence-corrected chi connectivity index (χ1v) is 8.98. The molecule has 1 saturated heterocycles. The molecule has 28 heavy (non-hydrogen) atoms. The number of aromatic nitrogens is 2. The second-order valence-electron chi connectivity index (χ2n) is 6.13. The maximum absolute atomic E-state index is 12.5. The summed E-state index contributed by atoms with van der Waals surface area (Å²) in [5.41, 5.74) is 0.756. The molecule has 9 heteroatoms. The van der Waals surface area contributed by atoms with Crippen LogP contribution in [0.25, 0.3) is 0 Å². The maximum atomic E-state index is 12.5. The number of ether oxygens (including phenoxy) is 1. The number of carbonyl (C=O) groups excluding carboxylic acids is 3. The Hall–Kier alpha value is -3.49. The van der Waals surface area contributed by atoms with Gasteiger partial charge in [-0.3, -0.25) is 9.59 Å². The molecule has 1 aromatic carbocycles. The van der Waals surface area contributed by atoms with Gasteiger partial charge in [-0.15, -0.1) is 10.2 Å². The zero-order valence-electron chi connectivity index (χ0n) is 15.5. The smallest absolute Gasteiger partial charge is 0.340 e. The van der Waals surface area contributed by atoms with E-state index in [0.29, 0.717) is 37.7 Å². The van der Waals surface area contributed by atoms with Gasteiger partial charge in [-0.05, 0) is 31.2 Å². The fourth-order valence-corrected chi connectivity index (χ4v) is 2.84. The van der Waals surface area contributed by atoms with Crippen LogP contribution in [-0.4, -0.2) is 66.2 Å². The number of para-hydroxylation sites is 1. The molecule has 3 rings (SSSR count). The summed E-state index contributed by atoms with van der Waals surface area (Å²) in [7, 11) is 0. The zero-order chi connectivity index (χ0) is 19.9. The summed E-state index contributed by atoms with van der Waals surface area (Å²) >= 11 is 0. The Kier molecular flexibility index (Phi) is 6.15.